The van der Waals surface area contributed by atoms with E-state index >= 15 is 0 Å². The van der Waals surface area contributed by atoms with Crippen molar-refractivity contribution in [3.63, 3.8) is 0 Å². The number of nitrogens with zero attached hydrogens (tertiary/aromatic N) is 20. The van der Waals surface area contributed by atoms with Crippen LogP contribution in [0.15, 0.2) is 231 Å². The van der Waals surface area contributed by atoms with Gasteiger partial charge in [-0.3, -0.25) is 34.1 Å². The summed E-state index contributed by atoms with van der Waals surface area (Å²) in [6, 6.07) is 38.6. The van der Waals surface area contributed by atoms with Crippen molar-refractivity contribution in [3.05, 3.63) is 255 Å². The van der Waals surface area contributed by atoms with Gasteiger partial charge in [0.1, 0.15) is 6.20 Å². The Bertz CT molecular complexity index is 7250. The van der Waals surface area contributed by atoms with Crippen molar-refractivity contribution in [2.45, 2.75) is 32.7 Å². The summed E-state index contributed by atoms with van der Waals surface area (Å²) in [6.07, 6.45) is 34.2. The maximum absolute atomic E-state index is 7.91. The molecule has 1 aromatic carbocycles. The van der Waals surface area contributed by atoms with Gasteiger partial charge in [-0.15, -0.1) is 0 Å². The number of aromatic nitrogens is 20. The van der Waals surface area contributed by atoms with Crippen LogP contribution >= 0.6 is 45.3 Å². The van der Waals surface area contributed by atoms with Gasteiger partial charge in [0.05, 0.1) is 51.5 Å². The lowest BCUT2D eigenvalue weighted by Crippen LogP contribution is -2.30. The maximum atomic E-state index is 7.91. The molecule has 5 aliphatic rings. The molecular formula is C78H53N20OS4+5. The molecule has 0 unspecified atom stereocenters. The molecule has 25 heterocycles. The van der Waals surface area contributed by atoms with E-state index in [1.165, 1.54) is 119 Å². The van der Waals surface area contributed by atoms with Crippen LogP contribution in [0.1, 0.15) is 31.9 Å². The minimum Gasteiger partial charge on any atom is -0.437 e. The molecule has 0 saturated carbocycles. The number of hydrogen-bond donors (Lipinski definition) is 0. The highest BCUT2D eigenvalue weighted by Crippen LogP contribution is 2.44. The van der Waals surface area contributed by atoms with Crippen LogP contribution in [0.3, 0.4) is 0 Å². The molecule has 5 aliphatic heterocycles. The number of hydrogen-bond acceptors (Lipinski definition) is 15. The molecule has 25 heteroatoms. The van der Waals surface area contributed by atoms with Gasteiger partial charge in [0, 0.05) is 150 Å². The van der Waals surface area contributed by atoms with Gasteiger partial charge in [0.2, 0.25) is 5.65 Å². The van der Waals surface area contributed by atoms with Crippen molar-refractivity contribution >= 4 is 142 Å². The Labute approximate surface area is 602 Å². The smallest absolute Gasteiger partial charge is 0.290 e. The van der Waals surface area contributed by atoms with Gasteiger partial charge in [0.25, 0.3) is 52.6 Å². The second-order valence-electron chi connectivity index (χ2n) is 25.7. The summed E-state index contributed by atoms with van der Waals surface area (Å²) >= 11 is 6.81. The Morgan fingerprint density at radius 2 is 0.913 bits per heavy atom. The number of fused-ring (bicyclic) bond motifs is 35. The number of rotatable bonds is 1. The molecular weight excluding hydrogens is 1360 g/mol. The summed E-state index contributed by atoms with van der Waals surface area (Å²) in [7, 11) is 2.11. The fourth-order valence-electron chi connectivity index (χ4n) is 15.5. The SMILES string of the molecule is Cn1c2cccnc2c2c1sc1[n+]2Cc2ccncc2-1.[2H]C([2H])([2H])n1c2cccnc2c2c1sc1[n+]2Cc2ccncc2-1.c1ccc(-n2c3cccnc3c3c2sc2[n+]3Cc3ccncc3-2)cc1.c1cnc2c(c1)oc1sc3[n+](c12)Cc1ccncc1-3.c1cnc2c[n+]3cn4c(c3n2c1)-c1cnccc1C4. The topological polar surface area (TPSA) is 186 Å². The molecule has 0 N–H and O–H groups in total. The van der Waals surface area contributed by atoms with Gasteiger partial charge in [-0.1, -0.05) is 18.2 Å². The highest BCUT2D eigenvalue weighted by molar-refractivity contribution is 7.22. The first kappa shape index (κ1) is 55.3. The van der Waals surface area contributed by atoms with Crippen LogP contribution in [-0.4, -0.2) is 72.5 Å². The molecule has 0 fully saturated rings. The monoisotopic (exact) mass is 1420 g/mol. The van der Waals surface area contributed by atoms with Crippen LogP contribution in [0, 0.1) is 0 Å². The molecule has 21 aromatic rings. The summed E-state index contributed by atoms with van der Waals surface area (Å²) in [4.78, 5) is 48.1. The van der Waals surface area contributed by atoms with Gasteiger partial charge in [-0.2, -0.15) is 18.3 Å². The fraction of sp³-hybridized carbons (Fsp3) is 0.0897. The van der Waals surface area contributed by atoms with Crippen molar-refractivity contribution in [1.29, 1.82) is 0 Å². The molecule has 103 heavy (non-hydrogen) atoms. The summed E-state index contributed by atoms with van der Waals surface area (Å²) in [5.41, 5.74) is 29.2. The van der Waals surface area contributed by atoms with Crippen molar-refractivity contribution in [2.24, 2.45) is 14.0 Å². The van der Waals surface area contributed by atoms with Gasteiger partial charge < -0.3 is 13.6 Å². The first-order valence-corrected chi connectivity index (χ1v) is 36.6. The Morgan fingerprint density at radius 1 is 0.437 bits per heavy atom. The molecule has 21 nitrogen and oxygen atoms in total. The van der Waals surface area contributed by atoms with Gasteiger partial charge in [-0.25, -0.2) is 33.7 Å². The van der Waals surface area contributed by atoms with Crippen LogP contribution in [-0.2, 0) is 46.7 Å². The zero-order valence-corrected chi connectivity index (χ0v) is 57.6. The van der Waals surface area contributed by atoms with E-state index in [-0.39, 0.29) is 0 Å². The summed E-state index contributed by atoms with van der Waals surface area (Å²) < 4.78 is 51.3. The number of aryl methyl sites for hydroxylation is 2. The average Bonchev–Trinajstić information content (AvgIpc) is 1.58. The lowest BCUT2D eigenvalue weighted by atomic mass is 10.1. The third-order valence-electron chi connectivity index (χ3n) is 20.1. The largest absolute Gasteiger partial charge is 0.437 e. The van der Waals surface area contributed by atoms with E-state index in [0.29, 0.717) is 5.52 Å². The second-order valence-corrected chi connectivity index (χ2v) is 29.6. The lowest BCUT2D eigenvalue weighted by Gasteiger charge is -2.04. The van der Waals surface area contributed by atoms with Crippen LogP contribution in [0.5, 0.6) is 0 Å². The van der Waals surface area contributed by atoms with E-state index < -0.39 is 6.98 Å². The Hall–Kier alpha value is -12.6. The molecule has 26 rings (SSSR count). The molecule has 0 bridgehead atoms. The Balaban J connectivity index is 0.0000000830. The highest BCUT2D eigenvalue weighted by Gasteiger charge is 2.40. The molecule has 0 aliphatic carbocycles. The van der Waals surface area contributed by atoms with E-state index in [9.17, 15) is 0 Å². The van der Waals surface area contributed by atoms with E-state index in [2.05, 4.69) is 172 Å². The van der Waals surface area contributed by atoms with Crippen molar-refractivity contribution < 1.29 is 31.2 Å². The highest BCUT2D eigenvalue weighted by atomic mass is 32.1. The van der Waals surface area contributed by atoms with E-state index in [1.807, 2.05) is 152 Å². The first-order chi connectivity index (χ1) is 52.1. The molecule has 0 saturated heterocycles. The minimum absolute atomic E-state index is 0.651. The lowest BCUT2D eigenvalue weighted by molar-refractivity contribution is -0.641. The van der Waals surface area contributed by atoms with E-state index in [0.717, 1.165) is 109 Å². The van der Waals surface area contributed by atoms with Gasteiger partial charge in [0.15, 0.2) is 80.3 Å². The zero-order valence-electron chi connectivity index (χ0n) is 57.4. The average molecular weight is 1420 g/mol. The first-order valence-electron chi connectivity index (χ1n) is 34.8. The van der Waals surface area contributed by atoms with E-state index in [1.54, 1.807) is 29.8 Å². The van der Waals surface area contributed by atoms with Crippen LogP contribution < -0.4 is 22.7 Å². The van der Waals surface area contributed by atoms with Crippen molar-refractivity contribution in [2.75, 3.05) is 0 Å². The summed E-state index contributed by atoms with van der Waals surface area (Å²) in [6.45, 7) is 2.08. The second kappa shape index (κ2) is 22.5. The van der Waals surface area contributed by atoms with Gasteiger partial charge >= 0.3 is 0 Å². The predicted molar refractivity (Wildman–Crippen MR) is 397 cm³/mol. The van der Waals surface area contributed by atoms with Crippen LogP contribution in [0.2, 0.25) is 0 Å². The van der Waals surface area contributed by atoms with Crippen LogP contribution in [0.4, 0.5) is 0 Å². The van der Waals surface area contributed by atoms with Crippen molar-refractivity contribution in [1.82, 2.24) is 72.5 Å². The number of benzene rings is 1. The molecule has 490 valence electrons. The summed E-state index contributed by atoms with van der Waals surface area (Å²) in [5.74, 6) is 0. The van der Waals surface area contributed by atoms with Gasteiger partial charge in [-0.05, 0) is 142 Å². The molecule has 0 amide bonds. The van der Waals surface area contributed by atoms with Crippen molar-refractivity contribution in [3.8, 4) is 59.2 Å². The molecule has 0 atom stereocenters. The molecule has 0 radical (unpaired) electrons. The predicted octanol–water partition coefficient (Wildman–Crippen LogP) is 13.0. The summed E-state index contributed by atoms with van der Waals surface area (Å²) in [5, 5.41) is 4.82. The van der Waals surface area contributed by atoms with Crippen LogP contribution in [0.25, 0.3) is 156 Å². The third kappa shape index (κ3) is 8.64. The number of thiazole rings is 4. The number of furan rings is 1. The molecule has 20 aromatic heterocycles. The minimum atomic E-state index is -2.24. The fourth-order valence-corrected chi connectivity index (χ4v) is 20.5. The Morgan fingerprint density at radius 3 is 1.50 bits per heavy atom. The maximum Gasteiger partial charge on any atom is 0.290 e. The molecule has 0 spiro atoms. The standard InChI is InChI=1S/C20H13N4S.2C15H11N4S.C14H10N5.C14H8N3OS/c1-2-5-14(6-3-1)24-16-7-4-9-22-17(16)18-20(24)25-19-15-11-21-10-8-13(15)12-23(18)19;2*1-18-11-3-2-5-17-12(11)13-15(18)20-14-10-7-16-6-4-9(10)8-19(13)14;1-3-16-12-8-18-9-17-7-10-2-4-15-6-11(10)13(17)14(18)19(12)5-1;1-2-10-11(16-4-1)12-14(18-10)19-13-9-6-15-5-3-8(9)7-17(12)13/h1-11H,12H2;2*2-7H,8H2,1H3;1-6,8-9H,7H2;1-6H,7H2/q5*+1/i;1D3;;;. The number of imidazole rings is 2. The number of pyridine rings is 9. The normalized spacial score (nSPS) is 13.5. The number of para-hydroxylation sites is 1. The zero-order chi connectivity index (χ0) is 70.2. The Kier molecular flexibility index (Phi) is 12.1. The van der Waals surface area contributed by atoms with E-state index in [4.69, 9.17) is 13.5 Å². The quantitative estimate of drug-likeness (QED) is 0.142. The third-order valence-corrected chi connectivity index (χ3v) is 24.9.